The Balaban J connectivity index is 1.44. The van der Waals surface area contributed by atoms with Gasteiger partial charge >= 0.3 is 0 Å². The molecule has 1 N–H and O–H groups in total. The van der Waals surface area contributed by atoms with E-state index in [4.69, 9.17) is 4.78 Å². The molecule has 0 spiro atoms. The molecular formula is C27H25F2N7OS. The minimum atomic E-state index is -3.24. The topological polar surface area (TPSA) is 121 Å². The Morgan fingerprint density at radius 3 is 2.50 bits per heavy atom. The molecule has 0 radical (unpaired) electrons. The third-order valence-electron chi connectivity index (χ3n) is 7.61. The van der Waals surface area contributed by atoms with E-state index in [1.807, 2.05) is 24.3 Å². The number of aryl methyl sites for hydroxylation is 1. The molecule has 2 saturated carbocycles. The summed E-state index contributed by atoms with van der Waals surface area (Å²) >= 11 is 0. The van der Waals surface area contributed by atoms with Crippen LogP contribution in [0.5, 0.6) is 0 Å². The van der Waals surface area contributed by atoms with Crippen molar-refractivity contribution in [3.8, 4) is 28.7 Å². The van der Waals surface area contributed by atoms with Crippen molar-refractivity contribution in [1.29, 1.82) is 10.0 Å². The quantitative estimate of drug-likeness (QED) is 0.331. The van der Waals surface area contributed by atoms with Gasteiger partial charge in [-0.2, -0.15) is 14.0 Å². The van der Waals surface area contributed by atoms with Gasteiger partial charge < -0.3 is 4.57 Å². The summed E-state index contributed by atoms with van der Waals surface area (Å²) in [7, 11) is -1.57. The summed E-state index contributed by atoms with van der Waals surface area (Å²) < 4.78 is 52.9. The fourth-order valence-corrected chi connectivity index (χ4v) is 5.85. The van der Waals surface area contributed by atoms with E-state index in [0.29, 0.717) is 24.1 Å². The molecule has 2 fully saturated rings. The lowest BCUT2D eigenvalue weighted by Gasteiger charge is -2.14. The number of hydrogen-bond acceptors (Lipinski definition) is 7. The smallest absolute Gasteiger partial charge is 0.294 e. The van der Waals surface area contributed by atoms with E-state index in [9.17, 15) is 18.3 Å². The van der Waals surface area contributed by atoms with E-state index in [1.165, 1.54) is 6.07 Å². The molecule has 0 amide bonds. The molecule has 6 rings (SSSR count). The fraction of sp³-hybridized carbons (Fsp3) is 0.370. The Labute approximate surface area is 218 Å². The third kappa shape index (κ3) is 3.86. The van der Waals surface area contributed by atoms with Gasteiger partial charge in [0, 0.05) is 30.5 Å². The number of nitriles is 1. The van der Waals surface area contributed by atoms with Gasteiger partial charge in [0.1, 0.15) is 16.9 Å². The molecular weight excluding hydrogens is 508 g/mol. The second kappa shape index (κ2) is 8.36. The molecule has 4 aromatic rings. The average molecular weight is 534 g/mol. The van der Waals surface area contributed by atoms with Gasteiger partial charge in [0.2, 0.25) is 0 Å². The number of nitrogens with zero attached hydrogens (tertiary/aromatic N) is 6. The number of fused-ring (bicyclic) bond motifs is 1. The van der Waals surface area contributed by atoms with Crippen molar-refractivity contribution in [1.82, 2.24) is 24.7 Å². The second-order valence-electron chi connectivity index (χ2n) is 10.1. The first kappa shape index (κ1) is 24.6. The Bertz CT molecular complexity index is 1730. The number of halogens is 2. The number of imidazole rings is 1. The van der Waals surface area contributed by atoms with E-state index < -0.39 is 32.7 Å². The summed E-state index contributed by atoms with van der Waals surface area (Å²) in [6, 6.07) is 13.0. The average Bonchev–Trinajstić information content (AvgIpc) is 3.86. The number of nitrogens with one attached hydrogen (secondary N) is 1. The molecule has 1 atom stereocenters. The fourth-order valence-electron chi connectivity index (χ4n) is 4.76. The van der Waals surface area contributed by atoms with Crippen LogP contribution in [0.15, 0.2) is 47.5 Å². The molecule has 3 heterocycles. The van der Waals surface area contributed by atoms with Crippen molar-refractivity contribution in [3.05, 3.63) is 53.9 Å². The zero-order chi connectivity index (χ0) is 26.9. The summed E-state index contributed by atoms with van der Waals surface area (Å²) in [6.07, 6.45) is 4.23. The van der Waals surface area contributed by atoms with Crippen LogP contribution in [0.25, 0.3) is 33.8 Å². The van der Waals surface area contributed by atoms with E-state index in [-0.39, 0.29) is 27.7 Å². The van der Waals surface area contributed by atoms with Crippen LogP contribution in [0, 0.1) is 22.0 Å². The monoisotopic (exact) mass is 533 g/mol. The van der Waals surface area contributed by atoms with Crippen LogP contribution in [0.4, 0.5) is 8.78 Å². The summed E-state index contributed by atoms with van der Waals surface area (Å²) in [6.45, 7) is 1.67. The van der Waals surface area contributed by atoms with Crippen molar-refractivity contribution < 1.29 is 13.0 Å². The Morgan fingerprint density at radius 2 is 1.89 bits per heavy atom. The Kier molecular flexibility index (Phi) is 5.40. The molecule has 38 heavy (non-hydrogen) atoms. The maximum Gasteiger partial charge on any atom is 0.294 e. The number of aromatic nitrogens is 5. The number of pyridine rings is 1. The molecule has 0 saturated heterocycles. The van der Waals surface area contributed by atoms with Crippen molar-refractivity contribution in [3.63, 3.8) is 0 Å². The summed E-state index contributed by atoms with van der Waals surface area (Å²) in [5.74, 6) is -3.45. The molecule has 8 nitrogen and oxygen atoms in total. The minimum absolute atomic E-state index is 0.0657. The van der Waals surface area contributed by atoms with E-state index in [1.54, 1.807) is 30.8 Å². The van der Waals surface area contributed by atoms with Gasteiger partial charge in [0.15, 0.2) is 11.5 Å². The Morgan fingerprint density at radius 1 is 1.18 bits per heavy atom. The van der Waals surface area contributed by atoms with Crippen molar-refractivity contribution in [2.75, 3.05) is 5.75 Å². The van der Waals surface area contributed by atoms with Crippen molar-refractivity contribution >= 4 is 20.9 Å². The van der Waals surface area contributed by atoms with Gasteiger partial charge in [0.05, 0.1) is 26.1 Å². The summed E-state index contributed by atoms with van der Waals surface area (Å²) in [4.78, 5) is 9.32. The normalized spacial score (nSPS) is 18.2. The molecule has 2 aliphatic rings. The highest BCUT2D eigenvalue weighted by Crippen LogP contribution is 2.49. The van der Waals surface area contributed by atoms with Crippen LogP contribution in [-0.2, 0) is 28.1 Å². The van der Waals surface area contributed by atoms with Crippen LogP contribution in [-0.4, -0.2) is 34.7 Å². The maximum absolute atomic E-state index is 14.7. The number of rotatable bonds is 7. The third-order valence-corrected chi connectivity index (χ3v) is 9.44. The predicted molar refractivity (Wildman–Crippen MR) is 138 cm³/mol. The van der Waals surface area contributed by atoms with Gasteiger partial charge in [-0.3, -0.25) is 4.98 Å². The zero-order valence-corrected chi connectivity index (χ0v) is 21.7. The molecule has 0 bridgehead atoms. The molecule has 194 valence electrons. The SMILES string of the molecule is CCS(=N)(=O)c1cc(-c2ccc(C3(C#N)CC3)cc2)cnc1-c1nc2cc(C(F)(F)C3CC3)nnc2n1C. The van der Waals surface area contributed by atoms with Gasteiger partial charge in [-0.1, -0.05) is 31.2 Å². The lowest BCUT2D eigenvalue weighted by atomic mass is 9.95. The van der Waals surface area contributed by atoms with Crippen LogP contribution in [0.2, 0.25) is 0 Å². The molecule has 2 aliphatic carbocycles. The summed E-state index contributed by atoms with van der Waals surface area (Å²) in [5, 5.41) is 17.3. The highest BCUT2D eigenvalue weighted by Gasteiger charge is 2.49. The van der Waals surface area contributed by atoms with E-state index in [0.717, 1.165) is 24.0 Å². The van der Waals surface area contributed by atoms with Gasteiger partial charge in [-0.15, -0.1) is 10.2 Å². The van der Waals surface area contributed by atoms with Crippen molar-refractivity contribution in [2.45, 2.75) is 48.8 Å². The van der Waals surface area contributed by atoms with Gasteiger partial charge in [-0.25, -0.2) is 14.0 Å². The van der Waals surface area contributed by atoms with Crippen LogP contribution in [0.3, 0.4) is 0 Å². The highest BCUT2D eigenvalue weighted by molar-refractivity contribution is 7.92. The lowest BCUT2D eigenvalue weighted by Crippen LogP contribution is -2.18. The number of alkyl halides is 2. The summed E-state index contributed by atoms with van der Waals surface area (Å²) in [5.41, 5.74) is 2.43. The van der Waals surface area contributed by atoms with E-state index in [2.05, 4.69) is 26.2 Å². The molecule has 3 aromatic heterocycles. The Hall–Kier alpha value is -3.78. The lowest BCUT2D eigenvalue weighted by molar-refractivity contribution is -0.0335. The van der Waals surface area contributed by atoms with Crippen LogP contribution in [0.1, 0.15) is 43.9 Å². The molecule has 0 aliphatic heterocycles. The maximum atomic E-state index is 14.7. The standard InChI is InChI=1S/C27H25F2N7OS/c1-3-38(31,37)21-12-17(16-4-6-18(7-5-16)26(15-30)10-11-26)14-32-23(21)25-33-20-13-22(27(28,29)19-8-9-19)34-35-24(20)36(25)2/h4-7,12-14,19,31H,3,8-11H2,1-2H3. The largest absolute Gasteiger partial charge is 0.309 e. The minimum Gasteiger partial charge on any atom is -0.309 e. The number of benzene rings is 1. The highest BCUT2D eigenvalue weighted by atomic mass is 32.2. The first-order chi connectivity index (χ1) is 18.1. The van der Waals surface area contributed by atoms with Gasteiger partial charge in [-0.05, 0) is 48.9 Å². The number of hydrogen-bond donors (Lipinski definition) is 1. The zero-order valence-electron chi connectivity index (χ0n) is 20.9. The van der Waals surface area contributed by atoms with Crippen LogP contribution >= 0.6 is 0 Å². The van der Waals surface area contributed by atoms with Gasteiger partial charge in [0.25, 0.3) is 5.92 Å². The first-order valence-electron chi connectivity index (χ1n) is 12.5. The predicted octanol–water partition coefficient (Wildman–Crippen LogP) is 5.57. The molecule has 1 unspecified atom stereocenters. The molecule has 1 aromatic carbocycles. The van der Waals surface area contributed by atoms with E-state index >= 15 is 0 Å². The molecule has 11 heteroatoms. The first-order valence-corrected chi connectivity index (χ1v) is 14.2. The second-order valence-corrected chi connectivity index (χ2v) is 12.5. The van der Waals surface area contributed by atoms with Crippen LogP contribution < -0.4 is 0 Å². The van der Waals surface area contributed by atoms with Crippen molar-refractivity contribution in [2.24, 2.45) is 13.0 Å².